The van der Waals surface area contributed by atoms with Gasteiger partial charge in [0.15, 0.2) is 0 Å². The second kappa shape index (κ2) is 30.9. The predicted octanol–water partition coefficient (Wildman–Crippen LogP) is 34.0. The number of para-hydroxylation sites is 4. The Morgan fingerprint density at radius 1 is 0.152 bits per heavy atom. The molecule has 4 nitrogen and oxygen atoms in total. The molecule has 0 saturated heterocycles. The molecule has 6 aliphatic carbocycles. The first kappa shape index (κ1) is 79.5. The van der Waals surface area contributed by atoms with Crippen molar-refractivity contribution >= 4 is 80.4 Å². The minimum absolute atomic E-state index is 0.150. The fraction of sp³-hybridized carbons (Fsp3) is 0.0938. The van der Waals surface area contributed by atoms with Crippen LogP contribution in [0.4, 0.5) is 68.2 Å². The SMILES string of the molecule is CC1(C)c2cc(/C=C/c3ccc4c(c3)C(C)(C)c3cc(N(c5ccccc5)c5ccccc5)ccc3-4)ccc2-c2ccc(N(c3ccccc3)c3ccccc3)cc21.Cc1ccc(N(c2ccc(C)cc2)c2ccc3c(c2)C2(c4ccccc4-c4ccccc42)c2cc4c(cc2-3)C2(c3ccccc3-c3ccccc32)c2cc(N(c3ccc(C)cc3)c3ccc(C)cc3)ccc2-4)cc1. The summed E-state index contributed by atoms with van der Waals surface area (Å²) in [4.78, 5) is 9.59. The lowest BCUT2D eigenvalue weighted by Crippen LogP contribution is -2.27. The molecule has 0 aliphatic heterocycles. The lowest BCUT2D eigenvalue weighted by Gasteiger charge is -2.33. The van der Waals surface area contributed by atoms with E-state index in [2.05, 4.69) is 524 Å². The molecule has 0 heterocycles. The first-order valence-electron chi connectivity index (χ1n) is 46.4. The molecule has 0 N–H and O–H groups in total. The monoisotopic (exact) mass is 1690 g/mol. The zero-order chi connectivity index (χ0) is 88.9. The van der Waals surface area contributed by atoms with E-state index in [1.807, 2.05) is 0 Å². The third kappa shape index (κ3) is 12.4. The van der Waals surface area contributed by atoms with Crippen LogP contribution in [0.3, 0.4) is 0 Å². The largest absolute Gasteiger partial charge is 0.310 e. The van der Waals surface area contributed by atoms with Crippen LogP contribution in [0.25, 0.3) is 78.9 Å². The summed E-state index contributed by atoms with van der Waals surface area (Å²) in [5.74, 6) is 0. The fourth-order valence-electron chi connectivity index (χ4n) is 23.1. The van der Waals surface area contributed by atoms with Gasteiger partial charge in [0.05, 0.1) is 10.8 Å². The van der Waals surface area contributed by atoms with Crippen molar-refractivity contribution in [3.8, 4) is 66.8 Å². The highest BCUT2D eigenvalue weighted by molar-refractivity contribution is 6.03. The van der Waals surface area contributed by atoms with Crippen LogP contribution in [0.5, 0.6) is 0 Å². The Kier molecular flexibility index (Phi) is 18.6. The molecule has 19 aromatic rings. The Morgan fingerprint density at radius 3 is 0.606 bits per heavy atom. The topological polar surface area (TPSA) is 13.0 Å². The average molecular weight is 1690 g/mol. The molecule has 0 radical (unpaired) electrons. The number of aryl methyl sites for hydroxylation is 4. The molecule has 25 rings (SSSR count). The van der Waals surface area contributed by atoms with Crippen molar-refractivity contribution in [2.24, 2.45) is 0 Å². The molecule has 0 saturated carbocycles. The number of benzene rings is 19. The van der Waals surface area contributed by atoms with E-state index in [4.69, 9.17) is 0 Å². The molecule has 630 valence electrons. The summed E-state index contributed by atoms with van der Waals surface area (Å²) in [5, 5.41) is 0. The third-order valence-electron chi connectivity index (χ3n) is 29.4. The zero-order valence-electron chi connectivity index (χ0n) is 75.5. The number of nitrogens with zero attached hydrogens (tertiary/aromatic N) is 4. The Balaban J connectivity index is 0.000000150. The molecule has 0 bridgehead atoms. The van der Waals surface area contributed by atoms with E-state index in [9.17, 15) is 0 Å². The maximum absolute atomic E-state index is 2.63. The van der Waals surface area contributed by atoms with Crippen molar-refractivity contribution in [2.45, 2.75) is 77.0 Å². The minimum atomic E-state index is -0.579. The fourth-order valence-corrected chi connectivity index (χ4v) is 23.1. The van der Waals surface area contributed by atoms with Crippen molar-refractivity contribution in [1.29, 1.82) is 0 Å². The van der Waals surface area contributed by atoms with Crippen LogP contribution < -0.4 is 19.6 Å². The molecule has 0 amide bonds. The van der Waals surface area contributed by atoms with Crippen LogP contribution in [0.1, 0.15) is 128 Å². The Bertz CT molecular complexity index is 7110. The van der Waals surface area contributed by atoms with E-state index in [0.29, 0.717) is 0 Å². The Hall–Kier alpha value is -15.9. The van der Waals surface area contributed by atoms with Crippen molar-refractivity contribution in [3.05, 3.63) is 537 Å². The van der Waals surface area contributed by atoms with Gasteiger partial charge in [-0.3, -0.25) is 0 Å². The van der Waals surface area contributed by atoms with E-state index in [0.717, 1.165) is 56.9 Å². The molecule has 132 heavy (non-hydrogen) atoms. The highest BCUT2D eigenvalue weighted by atomic mass is 15.2. The first-order chi connectivity index (χ1) is 64.6. The van der Waals surface area contributed by atoms with Crippen LogP contribution >= 0.6 is 0 Å². The standard InChI is InChI=1S/C72H52N2.C56H46N2/c1-45-21-29-49(30-22-45)73(50-31-23-46(2)24-32-50)53-37-39-59-61-43-70-62(44-69(61)71(67(59)41-53)63-17-9-5-13-55(63)56-14-6-10-18-64(56)71)60-40-38-54(74(51-33-25-47(3)26-34-51)52-35-27-48(4)28-36-52)42-68(60)72(70)65-19-11-7-15-57(65)58-16-8-12-20-66(58)72;1-55(2)51-35-39(27-31-47(51)49-33-29-45(37-53(49)55)57(41-17-9-5-10-18-41)42-19-11-6-12-20-42)25-26-40-28-32-48-50-34-30-46(38-54(50)56(3,4)52(48)36-40)58(43-21-13-7-14-22-43)44-23-15-8-16-24-44/h5-44H,1-4H3;5-38H,1-4H3/b;26-25+. The summed E-state index contributed by atoms with van der Waals surface area (Å²) in [6, 6.07) is 163. The molecule has 0 atom stereocenters. The summed E-state index contributed by atoms with van der Waals surface area (Å²) in [6.45, 7) is 18.1. The lowest BCUT2D eigenvalue weighted by atomic mass is 9.68. The molecule has 0 aromatic heterocycles. The third-order valence-corrected chi connectivity index (χ3v) is 29.4. The summed E-state index contributed by atoms with van der Waals surface area (Å²) >= 11 is 0. The van der Waals surface area contributed by atoms with E-state index >= 15 is 0 Å². The summed E-state index contributed by atoms with van der Waals surface area (Å²) in [6.07, 6.45) is 4.56. The molecule has 0 fully saturated rings. The molecular weight excluding hydrogens is 1590 g/mol. The van der Waals surface area contributed by atoms with Gasteiger partial charge in [0.1, 0.15) is 0 Å². The number of anilines is 12. The van der Waals surface area contributed by atoms with Gasteiger partial charge in [-0.25, -0.2) is 0 Å². The molecule has 4 heteroatoms. The minimum Gasteiger partial charge on any atom is -0.310 e. The van der Waals surface area contributed by atoms with E-state index in [1.165, 1.54) is 178 Å². The maximum Gasteiger partial charge on any atom is 0.0726 e. The average Bonchev–Trinajstić information content (AvgIpc) is 1.48. The highest BCUT2D eigenvalue weighted by Crippen LogP contribution is 2.69. The molecule has 6 aliphatic rings. The zero-order valence-corrected chi connectivity index (χ0v) is 75.5. The van der Waals surface area contributed by atoms with Gasteiger partial charge < -0.3 is 19.6 Å². The Labute approximate surface area is 775 Å². The Morgan fingerprint density at radius 2 is 0.341 bits per heavy atom. The number of fused-ring (bicyclic) bond motifs is 26. The van der Waals surface area contributed by atoms with E-state index in [1.54, 1.807) is 0 Å². The van der Waals surface area contributed by atoms with Crippen LogP contribution in [-0.2, 0) is 21.7 Å². The molecule has 19 aromatic carbocycles. The second-order valence-electron chi connectivity index (χ2n) is 37.8. The molecular formula is C128H98N4. The van der Waals surface area contributed by atoms with Gasteiger partial charge in [0.25, 0.3) is 0 Å². The normalized spacial score (nSPS) is 14.0. The van der Waals surface area contributed by atoms with Crippen LogP contribution in [0.15, 0.2) is 437 Å². The molecule has 2 spiro atoms. The number of rotatable bonds is 14. The second-order valence-corrected chi connectivity index (χ2v) is 37.8. The first-order valence-corrected chi connectivity index (χ1v) is 46.4. The quantitative estimate of drug-likeness (QED) is 0.101. The van der Waals surface area contributed by atoms with Crippen molar-refractivity contribution in [3.63, 3.8) is 0 Å². The maximum atomic E-state index is 2.63. The van der Waals surface area contributed by atoms with Gasteiger partial charge in [0.2, 0.25) is 0 Å². The van der Waals surface area contributed by atoms with Gasteiger partial charge >= 0.3 is 0 Å². The van der Waals surface area contributed by atoms with Crippen molar-refractivity contribution < 1.29 is 0 Å². The van der Waals surface area contributed by atoms with Gasteiger partial charge in [-0.1, -0.05) is 341 Å². The summed E-state index contributed by atoms with van der Waals surface area (Å²) in [7, 11) is 0. The van der Waals surface area contributed by atoms with Gasteiger partial charge in [-0.2, -0.15) is 0 Å². The lowest BCUT2D eigenvalue weighted by molar-refractivity contribution is 0.660. The number of hydrogen-bond donors (Lipinski definition) is 0. The highest BCUT2D eigenvalue weighted by Gasteiger charge is 2.57. The van der Waals surface area contributed by atoms with Gasteiger partial charge in [-0.15, -0.1) is 0 Å². The van der Waals surface area contributed by atoms with E-state index in [-0.39, 0.29) is 10.8 Å². The van der Waals surface area contributed by atoms with Crippen LogP contribution in [0, 0.1) is 27.7 Å². The van der Waals surface area contributed by atoms with Crippen LogP contribution in [0.2, 0.25) is 0 Å². The predicted molar refractivity (Wildman–Crippen MR) is 554 cm³/mol. The summed E-state index contributed by atoms with van der Waals surface area (Å²) in [5.41, 5.74) is 51.4. The van der Waals surface area contributed by atoms with E-state index < -0.39 is 10.8 Å². The van der Waals surface area contributed by atoms with Gasteiger partial charge in [0, 0.05) is 79.1 Å². The number of hydrogen-bond acceptors (Lipinski definition) is 4. The smallest absolute Gasteiger partial charge is 0.0726 e. The van der Waals surface area contributed by atoms with Crippen molar-refractivity contribution in [2.75, 3.05) is 19.6 Å². The van der Waals surface area contributed by atoms with Crippen LogP contribution in [-0.4, -0.2) is 0 Å². The molecule has 0 unspecified atom stereocenters. The summed E-state index contributed by atoms with van der Waals surface area (Å²) < 4.78 is 0. The van der Waals surface area contributed by atoms with Crippen molar-refractivity contribution in [1.82, 2.24) is 0 Å². The van der Waals surface area contributed by atoms with Gasteiger partial charge in [-0.05, 0) is 330 Å².